The number of pyridine rings is 2. The zero-order valence-corrected chi connectivity index (χ0v) is 14.7. The summed E-state index contributed by atoms with van der Waals surface area (Å²) in [6, 6.07) is 16.6. The third kappa shape index (κ3) is 2.21. The largest absolute Gasteiger partial charge is 0.343 e. The molecule has 0 saturated heterocycles. The smallest absolute Gasteiger partial charge is 0.155 e. The second kappa shape index (κ2) is 5.72. The van der Waals surface area contributed by atoms with Gasteiger partial charge in [-0.2, -0.15) is 0 Å². The molecule has 28 heavy (non-hydrogen) atoms. The molecule has 2 N–H and O–H groups in total. The van der Waals surface area contributed by atoms with E-state index >= 15 is 0 Å². The minimum atomic E-state index is 0.753. The zero-order chi connectivity index (χ0) is 18.5. The zero-order valence-electron chi connectivity index (χ0n) is 14.7. The van der Waals surface area contributed by atoms with Gasteiger partial charge < -0.3 is 9.97 Å². The van der Waals surface area contributed by atoms with Gasteiger partial charge in [0.25, 0.3) is 0 Å². The quantitative estimate of drug-likeness (QED) is 0.437. The molecule has 0 unspecified atom stereocenters. The van der Waals surface area contributed by atoms with Gasteiger partial charge in [0.2, 0.25) is 0 Å². The summed E-state index contributed by atoms with van der Waals surface area (Å²) >= 11 is 0. The molecule has 0 bridgehead atoms. The van der Waals surface area contributed by atoms with Crippen molar-refractivity contribution in [1.29, 1.82) is 0 Å². The lowest BCUT2D eigenvalue weighted by atomic mass is 10.0. The molecule has 0 aliphatic heterocycles. The molecular weight excluding hydrogens is 348 g/mol. The first-order chi connectivity index (χ1) is 13.9. The Morgan fingerprint density at radius 3 is 1.46 bits per heavy atom. The van der Waals surface area contributed by atoms with Gasteiger partial charge in [0.1, 0.15) is 11.4 Å². The topological polar surface area (TPSA) is 83.1 Å². The normalized spacial score (nSPS) is 11.6. The van der Waals surface area contributed by atoms with Crippen LogP contribution in [0.1, 0.15) is 0 Å². The third-order valence-electron chi connectivity index (χ3n) is 4.98. The first-order valence-corrected chi connectivity index (χ1v) is 8.99. The number of hydrogen-bond donors (Lipinski definition) is 2. The predicted molar refractivity (Wildman–Crippen MR) is 110 cm³/mol. The van der Waals surface area contributed by atoms with Gasteiger partial charge >= 0.3 is 0 Å². The highest BCUT2D eigenvalue weighted by Crippen LogP contribution is 2.32. The lowest BCUT2D eigenvalue weighted by molar-refractivity contribution is 1.25. The van der Waals surface area contributed by atoms with Crippen molar-refractivity contribution in [2.75, 3.05) is 0 Å². The number of benzene rings is 2. The standard InChI is InChI=1S/C22H14N6/c1-3-14-5-7-16(21-23-9-10-24-21)27-19(14)18-13(1)2-4-15-6-8-17(28-20(15)18)22-25-11-12-26-22/h1-12H,(H,23,24)(H,25,26). The maximum atomic E-state index is 4.93. The van der Waals surface area contributed by atoms with E-state index in [1.165, 1.54) is 0 Å². The van der Waals surface area contributed by atoms with Crippen LogP contribution in [-0.2, 0) is 0 Å². The van der Waals surface area contributed by atoms with Crippen LogP contribution in [0.5, 0.6) is 0 Å². The van der Waals surface area contributed by atoms with E-state index in [0.29, 0.717) is 0 Å². The van der Waals surface area contributed by atoms with Crippen LogP contribution in [0.3, 0.4) is 0 Å². The van der Waals surface area contributed by atoms with E-state index in [2.05, 4.69) is 56.3 Å². The van der Waals surface area contributed by atoms with Crippen molar-refractivity contribution in [2.45, 2.75) is 0 Å². The van der Waals surface area contributed by atoms with Crippen molar-refractivity contribution in [2.24, 2.45) is 0 Å². The Kier molecular flexibility index (Phi) is 3.07. The van der Waals surface area contributed by atoms with Crippen molar-refractivity contribution < 1.29 is 0 Å². The highest BCUT2D eigenvalue weighted by Gasteiger charge is 2.12. The van der Waals surface area contributed by atoms with E-state index < -0.39 is 0 Å². The molecule has 0 atom stereocenters. The van der Waals surface area contributed by atoms with Gasteiger partial charge in [-0.05, 0) is 17.5 Å². The first-order valence-electron chi connectivity index (χ1n) is 8.99. The fourth-order valence-corrected chi connectivity index (χ4v) is 3.65. The number of fused-ring (bicyclic) bond motifs is 5. The Bertz CT molecular complexity index is 1340. The lowest BCUT2D eigenvalue weighted by Gasteiger charge is -2.09. The van der Waals surface area contributed by atoms with Crippen LogP contribution in [0.4, 0.5) is 0 Å². The summed E-state index contributed by atoms with van der Waals surface area (Å²) < 4.78 is 0. The van der Waals surface area contributed by atoms with Crippen LogP contribution in [0.15, 0.2) is 73.3 Å². The predicted octanol–water partition coefficient (Wildman–Crippen LogP) is 4.72. The third-order valence-corrected chi connectivity index (χ3v) is 4.98. The van der Waals surface area contributed by atoms with Crippen LogP contribution < -0.4 is 0 Å². The second-order valence-corrected chi connectivity index (χ2v) is 6.64. The van der Waals surface area contributed by atoms with E-state index in [0.717, 1.165) is 55.6 Å². The molecular formula is C22H14N6. The molecule has 4 aromatic heterocycles. The first kappa shape index (κ1) is 15.0. The Hall–Kier alpha value is -4.06. The fraction of sp³-hybridized carbons (Fsp3) is 0. The molecule has 6 heteroatoms. The molecule has 6 nitrogen and oxygen atoms in total. The number of imidazole rings is 2. The summed E-state index contributed by atoms with van der Waals surface area (Å²) in [6.07, 6.45) is 7.07. The van der Waals surface area contributed by atoms with Gasteiger partial charge in [0, 0.05) is 40.9 Å². The van der Waals surface area contributed by atoms with Gasteiger partial charge in [-0.15, -0.1) is 0 Å². The second-order valence-electron chi connectivity index (χ2n) is 6.64. The van der Waals surface area contributed by atoms with Crippen LogP contribution in [0.2, 0.25) is 0 Å². The highest BCUT2D eigenvalue weighted by atomic mass is 14.9. The Morgan fingerprint density at radius 2 is 1.00 bits per heavy atom. The molecule has 6 aromatic rings. The molecule has 4 heterocycles. The molecule has 6 rings (SSSR count). The van der Waals surface area contributed by atoms with E-state index in [1.54, 1.807) is 24.8 Å². The Morgan fingerprint density at radius 1 is 0.536 bits per heavy atom. The Labute approximate surface area is 159 Å². The Balaban J connectivity index is 1.73. The molecule has 0 amide bonds. The van der Waals surface area contributed by atoms with Gasteiger partial charge in [-0.1, -0.05) is 36.4 Å². The maximum Gasteiger partial charge on any atom is 0.155 e. The number of rotatable bonds is 2. The van der Waals surface area contributed by atoms with Crippen LogP contribution >= 0.6 is 0 Å². The van der Waals surface area contributed by atoms with Gasteiger partial charge in [-0.25, -0.2) is 19.9 Å². The average Bonchev–Trinajstić information content (AvgIpc) is 3.46. The molecule has 0 aliphatic rings. The summed E-state index contributed by atoms with van der Waals surface area (Å²) in [4.78, 5) is 24.8. The molecule has 0 fully saturated rings. The van der Waals surface area contributed by atoms with Crippen LogP contribution in [-0.4, -0.2) is 29.9 Å². The molecule has 2 aromatic carbocycles. The summed E-state index contributed by atoms with van der Waals surface area (Å²) in [5.41, 5.74) is 3.45. The van der Waals surface area contributed by atoms with Crippen molar-refractivity contribution in [3.05, 3.63) is 73.3 Å². The molecule has 0 saturated carbocycles. The summed E-state index contributed by atoms with van der Waals surface area (Å²) in [5.74, 6) is 1.51. The van der Waals surface area contributed by atoms with Gasteiger partial charge in [0.05, 0.1) is 11.0 Å². The highest BCUT2D eigenvalue weighted by molar-refractivity contribution is 6.17. The van der Waals surface area contributed by atoms with Gasteiger partial charge in [0.15, 0.2) is 11.6 Å². The van der Waals surface area contributed by atoms with E-state index in [4.69, 9.17) is 9.97 Å². The number of nitrogens with one attached hydrogen (secondary N) is 2. The SMILES string of the molecule is c1c[nH]c(-c2ccc3ccc4ccc5ccc(-c6ncc[nH]6)nc5c4c3n2)n1. The molecule has 132 valence electrons. The monoisotopic (exact) mass is 362 g/mol. The number of nitrogens with zero attached hydrogens (tertiary/aromatic N) is 4. The van der Waals surface area contributed by atoms with Crippen molar-refractivity contribution >= 4 is 32.6 Å². The van der Waals surface area contributed by atoms with E-state index in [-0.39, 0.29) is 0 Å². The number of H-pyrrole nitrogens is 2. The average molecular weight is 362 g/mol. The van der Waals surface area contributed by atoms with Crippen LogP contribution in [0.25, 0.3) is 55.6 Å². The van der Waals surface area contributed by atoms with Crippen molar-refractivity contribution in [1.82, 2.24) is 29.9 Å². The fourth-order valence-electron chi connectivity index (χ4n) is 3.65. The number of aromatic nitrogens is 6. The van der Waals surface area contributed by atoms with Gasteiger partial charge in [-0.3, -0.25) is 0 Å². The summed E-state index contributed by atoms with van der Waals surface area (Å²) in [5, 5.41) is 4.28. The number of hydrogen-bond acceptors (Lipinski definition) is 4. The molecule has 0 aliphatic carbocycles. The molecule has 0 radical (unpaired) electrons. The van der Waals surface area contributed by atoms with Crippen LogP contribution in [0, 0.1) is 0 Å². The minimum Gasteiger partial charge on any atom is -0.343 e. The summed E-state index contributed by atoms with van der Waals surface area (Å²) in [6.45, 7) is 0. The van der Waals surface area contributed by atoms with Crippen molar-refractivity contribution in [3.63, 3.8) is 0 Å². The maximum absolute atomic E-state index is 4.93. The number of aromatic amines is 2. The van der Waals surface area contributed by atoms with E-state index in [9.17, 15) is 0 Å². The van der Waals surface area contributed by atoms with Crippen molar-refractivity contribution in [3.8, 4) is 23.0 Å². The van der Waals surface area contributed by atoms with E-state index in [1.807, 2.05) is 12.1 Å². The summed E-state index contributed by atoms with van der Waals surface area (Å²) in [7, 11) is 0. The molecule has 0 spiro atoms. The minimum absolute atomic E-state index is 0.753. The lowest BCUT2D eigenvalue weighted by Crippen LogP contribution is -1.92.